The highest BCUT2D eigenvalue weighted by molar-refractivity contribution is 8.00. The Morgan fingerprint density at radius 1 is 1.41 bits per heavy atom. The number of rotatable bonds is 7. The molecule has 0 aliphatic heterocycles. The molecule has 0 aromatic carbocycles. The lowest BCUT2D eigenvalue weighted by Crippen LogP contribution is -2.52. The fourth-order valence-electron chi connectivity index (χ4n) is 2.11. The first kappa shape index (κ1) is 14.8. The monoisotopic (exact) mass is 259 g/mol. The summed E-state index contributed by atoms with van der Waals surface area (Å²) >= 11 is 1.84. The van der Waals surface area contributed by atoms with Crippen LogP contribution in [-0.2, 0) is 4.79 Å². The molecule has 0 aromatic rings. The van der Waals surface area contributed by atoms with E-state index >= 15 is 0 Å². The molecular formula is C13H25NO2S. The number of carboxylic acids is 1. The third kappa shape index (κ3) is 4.88. The first-order valence-electron chi connectivity index (χ1n) is 6.68. The van der Waals surface area contributed by atoms with Gasteiger partial charge in [-0.2, -0.15) is 11.8 Å². The minimum absolute atomic E-state index is 0.672. The van der Waals surface area contributed by atoms with E-state index in [2.05, 4.69) is 12.2 Å². The predicted octanol–water partition coefficient (Wildman–Crippen LogP) is 2.90. The molecule has 0 amide bonds. The van der Waals surface area contributed by atoms with Crippen LogP contribution in [0.5, 0.6) is 0 Å². The zero-order chi connectivity index (χ0) is 12.7. The van der Waals surface area contributed by atoms with Crippen LogP contribution in [0.4, 0.5) is 0 Å². The minimum Gasteiger partial charge on any atom is -0.480 e. The van der Waals surface area contributed by atoms with Crippen molar-refractivity contribution in [2.75, 3.05) is 12.3 Å². The van der Waals surface area contributed by atoms with Crippen LogP contribution in [0.15, 0.2) is 0 Å². The summed E-state index contributed by atoms with van der Waals surface area (Å²) in [5.41, 5.74) is -0.766. The Hall–Kier alpha value is -0.220. The van der Waals surface area contributed by atoms with Gasteiger partial charge in [-0.1, -0.05) is 26.2 Å². The summed E-state index contributed by atoms with van der Waals surface area (Å²) in [5.74, 6) is -0.0539. The molecule has 2 N–H and O–H groups in total. The molecule has 0 aromatic heterocycles. The molecule has 100 valence electrons. The van der Waals surface area contributed by atoms with Gasteiger partial charge in [-0.25, -0.2) is 0 Å². The molecule has 1 atom stereocenters. The lowest BCUT2D eigenvalue weighted by atomic mass is 10.0. The minimum atomic E-state index is -0.766. The van der Waals surface area contributed by atoms with Crippen LogP contribution >= 0.6 is 11.8 Å². The van der Waals surface area contributed by atoms with Crippen LogP contribution in [-0.4, -0.2) is 34.2 Å². The molecule has 4 heteroatoms. The van der Waals surface area contributed by atoms with E-state index < -0.39 is 11.5 Å². The Morgan fingerprint density at radius 2 is 2.06 bits per heavy atom. The zero-order valence-corrected chi connectivity index (χ0v) is 11.8. The first-order valence-corrected chi connectivity index (χ1v) is 7.73. The van der Waals surface area contributed by atoms with Crippen molar-refractivity contribution in [3.05, 3.63) is 0 Å². The molecule has 3 nitrogen and oxygen atoms in total. The number of hydrogen-bond acceptors (Lipinski definition) is 3. The standard InChI is InChI=1S/C13H25NO2S/c1-3-9-14-13(2,12(15)16)10-17-11-7-5-4-6-8-11/h11,14H,3-10H2,1-2H3,(H,15,16). The summed E-state index contributed by atoms with van der Waals surface area (Å²) in [6.45, 7) is 4.64. The molecule has 0 spiro atoms. The van der Waals surface area contributed by atoms with E-state index in [0.29, 0.717) is 11.0 Å². The van der Waals surface area contributed by atoms with Crippen molar-refractivity contribution in [1.82, 2.24) is 5.32 Å². The van der Waals surface area contributed by atoms with Gasteiger partial charge >= 0.3 is 5.97 Å². The summed E-state index contributed by atoms with van der Waals surface area (Å²) in [7, 11) is 0. The molecule has 17 heavy (non-hydrogen) atoms. The van der Waals surface area contributed by atoms with E-state index in [1.54, 1.807) is 6.92 Å². The van der Waals surface area contributed by atoms with Gasteiger partial charge in [-0.15, -0.1) is 0 Å². The highest BCUT2D eigenvalue weighted by Gasteiger charge is 2.33. The van der Waals surface area contributed by atoms with Crippen molar-refractivity contribution in [2.45, 2.75) is 63.2 Å². The van der Waals surface area contributed by atoms with Crippen LogP contribution in [0.2, 0.25) is 0 Å². The van der Waals surface area contributed by atoms with Crippen LogP contribution in [0, 0.1) is 0 Å². The number of carbonyl (C=O) groups is 1. The predicted molar refractivity (Wildman–Crippen MR) is 73.7 cm³/mol. The normalized spacial score (nSPS) is 21.1. The highest BCUT2D eigenvalue weighted by Crippen LogP contribution is 2.30. The zero-order valence-electron chi connectivity index (χ0n) is 11.0. The molecular weight excluding hydrogens is 234 g/mol. The van der Waals surface area contributed by atoms with Crippen molar-refractivity contribution in [1.29, 1.82) is 0 Å². The lowest BCUT2D eigenvalue weighted by Gasteiger charge is -2.29. The lowest BCUT2D eigenvalue weighted by molar-refractivity contribution is -0.143. The molecule has 1 saturated carbocycles. The van der Waals surface area contributed by atoms with E-state index in [4.69, 9.17) is 0 Å². The van der Waals surface area contributed by atoms with Gasteiger partial charge in [0.1, 0.15) is 5.54 Å². The molecule has 1 aliphatic carbocycles. The summed E-state index contributed by atoms with van der Waals surface area (Å²) in [5, 5.41) is 13.1. The summed E-state index contributed by atoms with van der Waals surface area (Å²) in [6.07, 6.45) is 7.45. The van der Waals surface area contributed by atoms with Gasteiger partial charge in [-0.05, 0) is 32.7 Å². The van der Waals surface area contributed by atoms with Crippen molar-refractivity contribution in [2.24, 2.45) is 0 Å². The number of aliphatic carboxylic acids is 1. The Labute approximate surface area is 109 Å². The number of hydrogen-bond donors (Lipinski definition) is 2. The fourth-order valence-corrected chi connectivity index (χ4v) is 3.57. The van der Waals surface area contributed by atoms with E-state index in [9.17, 15) is 9.90 Å². The molecule has 0 radical (unpaired) electrons. The Bertz CT molecular complexity index is 242. The average Bonchev–Trinajstić information content (AvgIpc) is 2.35. The van der Waals surface area contributed by atoms with Gasteiger partial charge in [0, 0.05) is 11.0 Å². The van der Waals surface area contributed by atoms with Gasteiger partial charge in [0.2, 0.25) is 0 Å². The van der Waals surface area contributed by atoms with Gasteiger partial charge in [0.15, 0.2) is 0 Å². The molecule has 0 heterocycles. The van der Waals surface area contributed by atoms with Gasteiger partial charge in [-0.3, -0.25) is 4.79 Å². The third-order valence-corrected chi connectivity index (χ3v) is 5.08. The Balaban J connectivity index is 2.39. The van der Waals surface area contributed by atoms with Crippen LogP contribution in [0.25, 0.3) is 0 Å². The quantitative estimate of drug-likeness (QED) is 0.738. The molecule has 1 aliphatic rings. The molecule has 1 rings (SSSR count). The molecule has 1 unspecified atom stereocenters. The van der Waals surface area contributed by atoms with E-state index in [1.165, 1.54) is 32.1 Å². The molecule has 0 saturated heterocycles. The van der Waals surface area contributed by atoms with Gasteiger partial charge in [0.05, 0.1) is 0 Å². The second kappa shape index (κ2) is 7.27. The Morgan fingerprint density at radius 3 is 2.59 bits per heavy atom. The van der Waals surface area contributed by atoms with Crippen molar-refractivity contribution in [3.63, 3.8) is 0 Å². The summed E-state index contributed by atoms with van der Waals surface area (Å²) < 4.78 is 0. The number of carboxylic acid groups (broad SMARTS) is 1. The Kier molecular flexibility index (Phi) is 6.34. The second-order valence-corrected chi connectivity index (χ2v) is 6.42. The van der Waals surface area contributed by atoms with Gasteiger partial charge < -0.3 is 10.4 Å². The molecule has 0 bridgehead atoms. The van der Waals surface area contributed by atoms with Crippen LogP contribution in [0.3, 0.4) is 0 Å². The maximum absolute atomic E-state index is 11.3. The van der Waals surface area contributed by atoms with Gasteiger partial charge in [0.25, 0.3) is 0 Å². The largest absolute Gasteiger partial charge is 0.480 e. The van der Waals surface area contributed by atoms with Crippen LogP contribution in [0.1, 0.15) is 52.4 Å². The second-order valence-electron chi connectivity index (χ2n) is 5.14. The maximum Gasteiger partial charge on any atom is 0.324 e. The SMILES string of the molecule is CCCNC(C)(CSC1CCCCC1)C(=O)O. The fraction of sp³-hybridized carbons (Fsp3) is 0.923. The first-order chi connectivity index (χ1) is 8.08. The van der Waals surface area contributed by atoms with Crippen molar-refractivity contribution < 1.29 is 9.90 Å². The number of thioether (sulfide) groups is 1. The van der Waals surface area contributed by atoms with E-state index in [-0.39, 0.29) is 0 Å². The summed E-state index contributed by atoms with van der Waals surface area (Å²) in [6, 6.07) is 0. The van der Waals surface area contributed by atoms with E-state index in [0.717, 1.165) is 13.0 Å². The number of nitrogens with one attached hydrogen (secondary N) is 1. The van der Waals surface area contributed by atoms with Crippen molar-refractivity contribution in [3.8, 4) is 0 Å². The smallest absolute Gasteiger partial charge is 0.324 e. The van der Waals surface area contributed by atoms with Crippen LogP contribution < -0.4 is 5.32 Å². The summed E-state index contributed by atoms with van der Waals surface area (Å²) in [4.78, 5) is 11.3. The average molecular weight is 259 g/mol. The van der Waals surface area contributed by atoms with E-state index in [1.807, 2.05) is 11.8 Å². The van der Waals surface area contributed by atoms with Crippen molar-refractivity contribution >= 4 is 17.7 Å². The highest BCUT2D eigenvalue weighted by atomic mass is 32.2. The maximum atomic E-state index is 11.3. The third-order valence-electron chi connectivity index (χ3n) is 3.40. The topological polar surface area (TPSA) is 49.3 Å². The molecule has 1 fully saturated rings.